The fourth-order valence-corrected chi connectivity index (χ4v) is 4.37. The van der Waals surface area contributed by atoms with Crippen LogP contribution in [0.5, 0.6) is 0 Å². The number of hydrogen-bond donors (Lipinski definition) is 1. The summed E-state index contributed by atoms with van der Waals surface area (Å²) in [5.74, 6) is 0. The molecular weight excluding hydrogens is 254 g/mol. The smallest absolute Gasteiger partial charge is 0.282 e. The summed E-state index contributed by atoms with van der Waals surface area (Å²) in [7, 11) is -3.33. The largest absolute Gasteiger partial charge is 0.375 e. The molecule has 0 aromatic heterocycles. The van der Waals surface area contributed by atoms with Crippen LogP contribution in [0, 0.1) is 0 Å². The third kappa shape index (κ3) is 2.85. The summed E-state index contributed by atoms with van der Waals surface area (Å²) in [5, 5.41) is 3.17. The van der Waals surface area contributed by atoms with Gasteiger partial charge in [-0.05, 0) is 13.3 Å². The normalized spacial score (nSPS) is 32.6. The summed E-state index contributed by atoms with van der Waals surface area (Å²) >= 11 is 0. The molecule has 2 fully saturated rings. The van der Waals surface area contributed by atoms with Gasteiger partial charge >= 0.3 is 0 Å². The van der Waals surface area contributed by atoms with Crippen molar-refractivity contribution in [1.29, 1.82) is 0 Å². The maximum absolute atomic E-state index is 12.6. The quantitative estimate of drug-likeness (QED) is 0.765. The van der Waals surface area contributed by atoms with E-state index in [1.54, 1.807) is 8.61 Å². The highest BCUT2D eigenvalue weighted by molar-refractivity contribution is 7.86. The van der Waals surface area contributed by atoms with Crippen LogP contribution in [-0.2, 0) is 14.9 Å². The maximum atomic E-state index is 12.6. The van der Waals surface area contributed by atoms with Crippen molar-refractivity contribution in [2.45, 2.75) is 32.4 Å². The van der Waals surface area contributed by atoms with E-state index in [4.69, 9.17) is 4.74 Å². The van der Waals surface area contributed by atoms with Crippen molar-refractivity contribution >= 4 is 10.2 Å². The van der Waals surface area contributed by atoms with Crippen LogP contribution < -0.4 is 5.32 Å². The minimum atomic E-state index is -3.33. The summed E-state index contributed by atoms with van der Waals surface area (Å²) < 4.78 is 34.0. The van der Waals surface area contributed by atoms with Gasteiger partial charge in [-0.1, -0.05) is 6.92 Å². The first-order valence-electron chi connectivity index (χ1n) is 6.65. The molecular formula is C11H23N3O3S. The van der Waals surface area contributed by atoms with Crippen molar-refractivity contribution in [2.75, 3.05) is 39.3 Å². The summed E-state index contributed by atoms with van der Waals surface area (Å²) in [6.45, 7) is 7.48. The van der Waals surface area contributed by atoms with Crippen LogP contribution in [-0.4, -0.2) is 68.5 Å². The Hall–Kier alpha value is -0.210. The molecule has 18 heavy (non-hydrogen) atoms. The Bertz CT molecular complexity index is 368. The average Bonchev–Trinajstić information content (AvgIpc) is 2.39. The molecule has 2 atom stereocenters. The third-order valence-electron chi connectivity index (χ3n) is 3.59. The van der Waals surface area contributed by atoms with Gasteiger partial charge in [-0.25, -0.2) is 0 Å². The number of hydrogen-bond acceptors (Lipinski definition) is 4. The fraction of sp³-hybridized carbons (Fsp3) is 1.00. The molecule has 0 aliphatic carbocycles. The zero-order valence-corrected chi connectivity index (χ0v) is 11.9. The molecule has 0 amide bonds. The molecule has 0 spiro atoms. The van der Waals surface area contributed by atoms with E-state index in [0.29, 0.717) is 26.2 Å². The number of morpholine rings is 1. The topological polar surface area (TPSA) is 61.9 Å². The molecule has 0 bridgehead atoms. The molecule has 6 nitrogen and oxygen atoms in total. The molecule has 0 saturated carbocycles. The molecule has 1 N–H and O–H groups in total. The standard InChI is InChI=1S/C11H23N3O3S/c1-3-11-9-17-10(2)8-14(11)18(15,16)13-6-4-12-5-7-13/h10-12H,3-9H2,1-2H3. The summed E-state index contributed by atoms with van der Waals surface area (Å²) in [4.78, 5) is 0. The number of nitrogens with zero attached hydrogens (tertiary/aromatic N) is 2. The lowest BCUT2D eigenvalue weighted by atomic mass is 10.2. The number of ether oxygens (including phenoxy) is 1. The van der Waals surface area contributed by atoms with E-state index in [-0.39, 0.29) is 12.1 Å². The van der Waals surface area contributed by atoms with Gasteiger partial charge in [-0.3, -0.25) is 0 Å². The van der Waals surface area contributed by atoms with Gasteiger partial charge in [0, 0.05) is 38.8 Å². The van der Waals surface area contributed by atoms with Gasteiger partial charge < -0.3 is 10.1 Å². The van der Waals surface area contributed by atoms with Crippen molar-refractivity contribution in [1.82, 2.24) is 13.9 Å². The van der Waals surface area contributed by atoms with Crippen molar-refractivity contribution in [3.63, 3.8) is 0 Å². The summed E-state index contributed by atoms with van der Waals surface area (Å²) in [6, 6.07) is -0.0268. The van der Waals surface area contributed by atoms with Crippen LogP contribution in [0.15, 0.2) is 0 Å². The Morgan fingerprint density at radius 1 is 1.33 bits per heavy atom. The number of piperazine rings is 1. The summed E-state index contributed by atoms with van der Waals surface area (Å²) in [6.07, 6.45) is 0.767. The zero-order valence-electron chi connectivity index (χ0n) is 11.1. The highest BCUT2D eigenvalue weighted by Crippen LogP contribution is 2.21. The molecule has 0 aromatic rings. The fourth-order valence-electron chi connectivity index (χ4n) is 2.44. The molecule has 7 heteroatoms. The number of nitrogens with one attached hydrogen (secondary N) is 1. The van der Waals surface area contributed by atoms with Gasteiger partial charge in [0.05, 0.1) is 12.7 Å². The highest BCUT2D eigenvalue weighted by atomic mass is 32.2. The second kappa shape index (κ2) is 5.83. The minimum Gasteiger partial charge on any atom is -0.375 e. The lowest BCUT2D eigenvalue weighted by molar-refractivity contribution is -0.0251. The van der Waals surface area contributed by atoms with Crippen molar-refractivity contribution in [3.8, 4) is 0 Å². The second-order valence-electron chi connectivity index (χ2n) is 4.93. The summed E-state index contributed by atoms with van der Waals surface area (Å²) in [5.41, 5.74) is 0. The Balaban J connectivity index is 2.15. The van der Waals surface area contributed by atoms with Crippen LogP contribution >= 0.6 is 0 Å². The zero-order chi connectivity index (χ0) is 13.2. The molecule has 2 rings (SSSR count). The van der Waals surface area contributed by atoms with Crippen LogP contribution in [0.25, 0.3) is 0 Å². The van der Waals surface area contributed by atoms with E-state index in [1.807, 2.05) is 13.8 Å². The lowest BCUT2D eigenvalue weighted by Gasteiger charge is -2.40. The first-order chi connectivity index (χ1) is 8.55. The van der Waals surface area contributed by atoms with Crippen molar-refractivity contribution in [2.24, 2.45) is 0 Å². The highest BCUT2D eigenvalue weighted by Gasteiger charge is 2.38. The Labute approximate surface area is 109 Å². The van der Waals surface area contributed by atoms with E-state index in [2.05, 4.69) is 5.32 Å². The molecule has 106 valence electrons. The molecule has 2 aliphatic rings. The van der Waals surface area contributed by atoms with E-state index in [9.17, 15) is 8.42 Å². The minimum absolute atomic E-state index is 0.0227. The first kappa shape index (κ1) is 14.2. The molecule has 0 aromatic carbocycles. The Kier molecular flexibility index (Phi) is 4.60. The second-order valence-corrected chi connectivity index (χ2v) is 6.81. The Morgan fingerprint density at radius 3 is 2.61 bits per heavy atom. The third-order valence-corrected chi connectivity index (χ3v) is 5.64. The first-order valence-corrected chi connectivity index (χ1v) is 8.04. The van der Waals surface area contributed by atoms with Crippen molar-refractivity contribution in [3.05, 3.63) is 0 Å². The van der Waals surface area contributed by atoms with E-state index < -0.39 is 10.2 Å². The van der Waals surface area contributed by atoms with Gasteiger partial charge in [0.15, 0.2) is 0 Å². The van der Waals surface area contributed by atoms with Crippen LogP contribution in [0.3, 0.4) is 0 Å². The van der Waals surface area contributed by atoms with Gasteiger partial charge in [0.2, 0.25) is 0 Å². The van der Waals surface area contributed by atoms with E-state index >= 15 is 0 Å². The molecule has 0 radical (unpaired) electrons. The number of rotatable bonds is 3. The van der Waals surface area contributed by atoms with Crippen LogP contribution in [0.2, 0.25) is 0 Å². The molecule has 2 unspecified atom stereocenters. The van der Waals surface area contributed by atoms with E-state index in [1.165, 1.54) is 0 Å². The predicted molar refractivity (Wildman–Crippen MR) is 69.6 cm³/mol. The van der Waals surface area contributed by atoms with Crippen molar-refractivity contribution < 1.29 is 13.2 Å². The maximum Gasteiger partial charge on any atom is 0.282 e. The van der Waals surface area contributed by atoms with Gasteiger partial charge in [0.1, 0.15) is 0 Å². The Morgan fingerprint density at radius 2 is 2.00 bits per heavy atom. The molecule has 2 saturated heterocycles. The molecule has 2 aliphatic heterocycles. The van der Waals surface area contributed by atoms with E-state index in [0.717, 1.165) is 19.5 Å². The lowest BCUT2D eigenvalue weighted by Crippen LogP contribution is -2.58. The monoisotopic (exact) mass is 277 g/mol. The van der Waals surface area contributed by atoms with Gasteiger partial charge in [-0.15, -0.1) is 0 Å². The van der Waals surface area contributed by atoms with Crippen LogP contribution in [0.4, 0.5) is 0 Å². The predicted octanol–water partition coefficient (Wildman–Crippen LogP) is -0.364. The van der Waals surface area contributed by atoms with Crippen LogP contribution in [0.1, 0.15) is 20.3 Å². The molecule has 2 heterocycles. The average molecular weight is 277 g/mol. The SMILES string of the molecule is CCC1COC(C)CN1S(=O)(=O)N1CCNCC1. The van der Waals surface area contributed by atoms with Gasteiger partial charge in [-0.2, -0.15) is 17.0 Å². The van der Waals surface area contributed by atoms with Gasteiger partial charge in [0.25, 0.3) is 10.2 Å².